The van der Waals surface area contributed by atoms with E-state index in [9.17, 15) is 9.59 Å². The minimum Gasteiger partial charge on any atom is -0.496 e. The van der Waals surface area contributed by atoms with E-state index < -0.39 is 5.97 Å². The highest BCUT2D eigenvalue weighted by molar-refractivity contribution is 5.94. The first-order valence-corrected chi connectivity index (χ1v) is 9.43. The fourth-order valence-corrected chi connectivity index (χ4v) is 2.83. The normalized spacial score (nSPS) is 10.2. The summed E-state index contributed by atoms with van der Waals surface area (Å²) in [5.41, 5.74) is 1.12. The van der Waals surface area contributed by atoms with Gasteiger partial charge in [0, 0.05) is 19.2 Å². The molecule has 0 N–H and O–H groups in total. The zero-order valence-corrected chi connectivity index (χ0v) is 16.9. The Kier molecular flexibility index (Phi) is 7.05. The molecule has 154 valence electrons. The number of para-hydroxylation sites is 3. The van der Waals surface area contributed by atoms with Crippen LogP contribution >= 0.6 is 0 Å². The first kappa shape index (κ1) is 20.9. The van der Waals surface area contributed by atoms with Crippen LogP contribution < -0.4 is 9.47 Å². The van der Waals surface area contributed by atoms with Gasteiger partial charge in [0.15, 0.2) is 6.61 Å². The topological polar surface area (TPSA) is 65.1 Å². The molecule has 6 nitrogen and oxygen atoms in total. The number of esters is 1. The molecule has 3 aromatic carbocycles. The summed E-state index contributed by atoms with van der Waals surface area (Å²) >= 11 is 0. The first-order chi connectivity index (χ1) is 14.6. The molecule has 3 rings (SSSR count). The van der Waals surface area contributed by atoms with Crippen molar-refractivity contribution in [2.24, 2.45) is 0 Å². The average Bonchev–Trinajstić information content (AvgIpc) is 2.78. The number of carbonyl (C=O) groups is 2. The third-order valence-corrected chi connectivity index (χ3v) is 4.43. The Morgan fingerprint density at radius 1 is 0.833 bits per heavy atom. The molecule has 0 aliphatic carbocycles. The lowest BCUT2D eigenvalue weighted by molar-refractivity contribution is -0.133. The van der Waals surface area contributed by atoms with E-state index in [1.54, 1.807) is 50.6 Å². The van der Waals surface area contributed by atoms with Crippen molar-refractivity contribution < 1.29 is 23.8 Å². The van der Waals surface area contributed by atoms with Crippen molar-refractivity contribution in [2.75, 3.05) is 20.8 Å². The molecule has 0 heterocycles. The molecule has 0 saturated heterocycles. The second-order valence-electron chi connectivity index (χ2n) is 6.55. The number of carbonyl (C=O) groups excluding carboxylic acids is 2. The molecule has 3 aromatic rings. The Bertz CT molecular complexity index is 1000. The number of rotatable bonds is 8. The van der Waals surface area contributed by atoms with Crippen molar-refractivity contribution in [3.8, 4) is 17.2 Å². The first-order valence-electron chi connectivity index (χ1n) is 9.43. The molecule has 0 radical (unpaired) electrons. The summed E-state index contributed by atoms with van der Waals surface area (Å²) < 4.78 is 16.3. The molecule has 6 heteroatoms. The van der Waals surface area contributed by atoms with Crippen molar-refractivity contribution in [3.63, 3.8) is 0 Å². The molecule has 30 heavy (non-hydrogen) atoms. The third-order valence-electron chi connectivity index (χ3n) is 4.43. The zero-order chi connectivity index (χ0) is 21.3. The maximum Gasteiger partial charge on any atom is 0.342 e. The molecule has 0 bridgehead atoms. The highest BCUT2D eigenvalue weighted by Crippen LogP contribution is 2.25. The van der Waals surface area contributed by atoms with Gasteiger partial charge in [-0.05, 0) is 30.3 Å². The van der Waals surface area contributed by atoms with Gasteiger partial charge in [0.2, 0.25) is 0 Å². The van der Waals surface area contributed by atoms with Crippen LogP contribution in [0.1, 0.15) is 15.9 Å². The van der Waals surface area contributed by atoms with Crippen molar-refractivity contribution in [2.45, 2.75) is 6.54 Å². The van der Waals surface area contributed by atoms with E-state index in [-0.39, 0.29) is 18.1 Å². The standard InChI is InChI=1S/C24H23NO5/c1-25(16-18-10-6-8-14-21(18)28-2)23(26)17-29-24(27)20-13-7-9-15-22(20)30-19-11-4-3-5-12-19/h3-15H,16-17H2,1-2H3. The lowest BCUT2D eigenvalue weighted by Gasteiger charge is -2.19. The van der Waals surface area contributed by atoms with Crippen LogP contribution in [-0.4, -0.2) is 37.5 Å². The fraction of sp³-hybridized carbons (Fsp3) is 0.167. The molecular weight excluding hydrogens is 382 g/mol. The van der Waals surface area contributed by atoms with Gasteiger partial charge in [-0.15, -0.1) is 0 Å². The third kappa shape index (κ3) is 5.38. The lowest BCUT2D eigenvalue weighted by Crippen LogP contribution is -2.31. The Morgan fingerprint density at radius 3 is 2.20 bits per heavy atom. The van der Waals surface area contributed by atoms with Gasteiger partial charge in [0.05, 0.1) is 7.11 Å². The van der Waals surface area contributed by atoms with E-state index in [4.69, 9.17) is 14.2 Å². The highest BCUT2D eigenvalue weighted by atomic mass is 16.5. The molecular formula is C24H23NO5. The lowest BCUT2D eigenvalue weighted by atomic mass is 10.2. The minimum absolute atomic E-state index is 0.251. The molecule has 0 fully saturated rings. The number of benzene rings is 3. The van der Waals surface area contributed by atoms with Crippen molar-refractivity contribution in [1.29, 1.82) is 0 Å². The molecule has 1 amide bonds. The van der Waals surface area contributed by atoms with E-state index in [0.29, 0.717) is 23.8 Å². The summed E-state index contributed by atoms with van der Waals surface area (Å²) in [6.07, 6.45) is 0. The van der Waals surface area contributed by atoms with Crippen LogP contribution in [0.25, 0.3) is 0 Å². The quantitative estimate of drug-likeness (QED) is 0.523. The van der Waals surface area contributed by atoms with Gasteiger partial charge in [-0.1, -0.05) is 48.5 Å². The zero-order valence-electron chi connectivity index (χ0n) is 16.9. The molecule has 0 spiro atoms. The van der Waals surface area contributed by atoms with Gasteiger partial charge in [0.25, 0.3) is 5.91 Å². The van der Waals surface area contributed by atoms with Gasteiger partial charge >= 0.3 is 5.97 Å². The number of hydrogen-bond acceptors (Lipinski definition) is 5. The van der Waals surface area contributed by atoms with Crippen LogP contribution in [0.4, 0.5) is 0 Å². The Labute approximate surface area is 175 Å². The van der Waals surface area contributed by atoms with E-state index >= 15 is 0 Å². The molecule has 0 saturated carbocycles. The number of methoxy groups -OCH3 is 1. The van der Waals surface area contributed by atoms with Crippen LogP contribution in [-0.2, 0) is 16.1 Å². The highest BCUT2D eigenvalue weighted by Gasteiger charge is 2.18. The average molecular weight is 405 g/mol. The maximum absolute atomic E-state index is 12.5. The number of nitrogens with zero attached hydrogens (tertiary/aromatic N) is 1. The van der Waals surface area contributed by atoms with Crippen molar-refractivity contribution >= 4 is 11.9 Å². The summed E-state index contributed by atoms with van der Waals surface area (Å²) in [6.45, 7) is -0.0295. The molecule has 0 aliphatic heterocycles. The predicted molar refractivity (Wildman–Crippen MR) is 113 cm³/mol. The fourth-order valence-electron chi connectivity index (χ4n) is 2.83. The summed E-state index contributed by atoms with van der Waals surface area (Å²) in [7, 11) is 3.23. The number of likely N-dealkylation sites (N-methyl/N-ethyl adjacent to an activating group) is 1. The summed E-state index contributed by atoms with van der Waals surface area (Å²) in [5, 5.41) is 0. The predicted octanol–water partition coefficient (Wildman–Crippen LogP) is 4.30. The largest absolute Gasteiger partial charge is 0.496 e. The van der Waals surface area contributed by atoms with Gasteiger partial charge in [-0.3, -0.25) is 4.79 Å². The summed E-state index contributed by atoms with van der Waals surface area (Å²) in [6, 6.07) is 23.3. The minimum atomic E-state index is -0.624. The van der Waals surface area contributed by atoms with Gasteiger partial charge in [0.1, 0.15) is 22.8 Å². The molecule has 0 aromatic heterocycles. The Balaban J connectivity index is 1.61. The van der Waals surface area contributed by atoms with Crippen LogP contribution in [0.3, 0.4) is 0 Å². The van der Waals surface area contributed by atoms with E-state index in [1.807, 2.05) is 42.5 Å². The maximum atomic E-state index is 12.5. The number of hydrogen-bond donors (Lipinski definition) is 0. The van der Waals surface area contributed by atoms with Crippen LogP contribution in [0.15, 0.2) is 78.9 Å². The smallest absolute Gasteiger partial charge is 0.342 e. The van der Waals surface area contributed by atoms with E-state index in [0.717, 1.165) is 5.56 Å². The monoisotopic (exact) mass is 405 g/mol. The van der Waals surface area contributed by atoms with Crippen LogP contribution in [0.2, 0.25) is 0 Å². The second-order valence-corrected chi connectivity index (χ2v) is 6.55. The van der Waals surface area contributed by atoms with Crippen molar-refractivity contribution in [3.05, 3.63) is 90.0 Å². The Morgan fingerprint density at radius 2 is 1.47 bits per heavy atom. The number of amides is 1. The van der Waals surface area contributed by atoms with Crippen LogP contribution in [0, 0.1) is 0 Å². The van der Waals surface area contributed by atoms with Gasteiger partial charge in [-0.2, -0.15) is 0 Å². The SMILES string of the molecule is COc1ccccc1CN(C)C(=O)COC(=O)c1ccccc1Oc1ccccc1. The summed E-state index contributed by atoms with van der Waals surface area (Å²) in [4.78, 5) is 26.5. The van der Waals surface area contributed by atoms with Crippen molar-refractivity contribution in [1.82, 2.24) is 4.90 Å². The molecule has 0 aliphatic rings. The van der Waals surface area contributed by atoms with E-state index in [2.05, 4.69) is 0 Å². The van der Waals surface area contributed by atoms with Gasteiger partial charge < -0.3 is 19.1 Å². The molecule has 0 atom stereocenters. The van der Waals surface area contributed by atoms with E-state index in [1.165, 1.54) is 4.90 Å². The van der Waals surface area contributed by atoms with Crippen LogP contribution in [0.5, 0.6) is 17.2 Å². The second kappa shape index (κ2) is 10.1. The Hall–Kier alpha value is -3.80. The number of ether oxygens (including phenoxy) is 3. The molecule has 0 unspecified atom stereocenters. The van der Waals surface area contributed by atoms with Gasteiger partial charge in [-0.25, -0.2) is 4.79 Å². The summed E-state index contributed by atoms with van der Waals surface area (Å²) in [5.74, 6) is 0.714.